The second kappa shape index (κ2) is 5.47. The lowest BCUT2D eigenvalue weighted by molar-refractivity contribution is 0.102. The van der Waals surface area contributed by atoms with Gasteiger partial charge in [0, 0.05) is 21.8 Å². The van der Waals surface area contributed by atoms with Gasteiger partial charge >= 0.3 is 0 Å². The van der Waals surface area contributed by atoms with Crippen LogP contribution in [0.4, 0.5) is 5.69 Å². The fraction of sp³-hybridized carbons (Fsp3) is 0. The Balaban J connectivity index is 2.13. The van der Waals surface area contributed by atoms with Crippen LogP contribution in [-0.4, -0.2) is 12.2 Å². The second-order valence-electron chi connectivity index (χ2n) is 3.70. The van der Waals surface area contributed by atoms with Crippen LogP contribution in [0.3, 0.4) is 0 Å². The minimum Gasteiger partial charge on any atom is -0.322 e. The quantitative estimate of drug-likeness (QED) is 0.859. The van der Waals surface area contributed by atoms with Crippen molar-refractivity contribution in [2.45, 2.75) is 0 Å². The van der Waals surface area contributed by atoms with E-state index < -0.39 is 0 Å². The van der Waals surface area contributed by atoms with E-state index in [4.69, 9.17) is 11.6 Å². The maximum Gasteiger partial charge on any atom is 0.255 e. The summed E-state index contributed by atoms with van der Waals surface area (Å²) < 4.78 is 0. The van der Waals surface area contributed by atoms with E-state index in [2.05, 4.69) is 5.32 Å². The van der Waals surface area contributed by atoms with Crippen molar-refractivity contribution >= 4 is 29.5 Å². The van der Waals surface area contributed by atoms with Crippen molar-refractivity contribution in [3.05, 3.63) is 64.7 Å². The van der Waals surface area contributed by atoms with Gasteiger partial charge in [-0.25, -0.2) is 0 Å². The second-order valence-corrected chi connectivity index (χ2v) is 4.14. The Hall–Kier alpha value is -2.13. The summed E-state index contributed by atoms with van der Waals surface area (Å²) in [4.78, 5) is 22.4. The van der Waals surface area contributed by atoms with E-state index in [1.165, 1.54) is 0 Å². The first-order valence-electron chi connectivity index (χ1n) is 5.31. The highest BCUT2D eigenvalue weighted by Gasteiger charge is 2.06. The molecule has 4 heteroatoms. The number of rotatable bonds is 3. The normalized spacial score (nSPS) is 9.83. The highest BCUT2D eigenvalue weighted by Crippen LogP contribution is 2.14. The van der Waals surface area contributed by atoms with Gasteiger partial charge in [-0.2, -0.15) is 0 Å². The van der Waals surface area contributed by atoms with Gasteiger partial charge in [0.05, 0.1) is 0 Å². The summed E-state index contributed by atoms with van der Waals surface area (Å²) in [6.45, 7) is 0. The van der Waals surface area contributed by atoms with Crippen LogP contribution >= 0.6 is 11.6 Å². The van der Waals surface area contributed by atoms with Gasteiger partial charge in [0.15, 0.2) is 0 Å². The highest BCUT2D eigenvalue weighted by molar-refractivity contribution is 6.31. The molecule has 0 spiro atoms. The predicted molar refractivity (Wildman–Crippen MR) is 71.2 cm³/mol. The summed E-state index contributed by atoms with van der Waals surface area (Å²) in [7, 11) is 0. The fourth-order valence-corrected chi connectivity index (χ4v) is 1.67. The molecule has 0 atom stereocenters. The molecule has 2 aromatic rings. The van der Waals surface area contributed by atoms with Gasteiger partial charge in [0.25, 0.3) is 5.91 Å². The average molecular weight is 260 g/mol. The molecule has 0 unspecified atom stereocenters. The predicted octanol–water partition coefficient (Wildman–Crippen LogP) is 3.40. The molecule has 2 rings (SSSR count). The largest absolute Gasteiger partial charge is 0.322 e. The zero-order chi connectivity index (χ0) is 13.0. The van der Waals surface area contributed by atoms with Crippen molar-refractivity contribution in [2.75, 3.05) is 5.32 Å². The van der Waals surface area contributed by atoms with Crippen LogP contribution in [-0.2, 0) is 0 Å². The summed E-state index contributed by atoms with van der Waals surface area (Å²) >= 11 is 5.81. The number of nitrogens with one attached hydrogen (secondary N) is 1. The summed E-state index contributed by atoms with van der Waals surface area (Å²) in [5, 5.41) is 3.24. The minimum atomic E-state index is -0.239. The van der Waals surface area contributed by atoms with E-state index in [-0.39, 0.29) is 5.91 Å². The Labute approximate surface area is 109 Å². The molecular weight excluding hydrogens is 250 g/mol. The van der Waals surface area contributed by atoms with Crippen molar-refractivity contribution in [1.82, 2.24) is 0 Å². The first-order valence-corrected chi connectivity index (χ1v) is 5.69. The number of amides is 1. The van der Waals surface area contributed by atoms with E-state index in [0.717, 1.165) is 6.29 Å². The standard InChI is InChI=1S/C14H10ClNO2/c15-12-3-1-2-11(8-12)14(18)16-13-6-4-10(9-17)5-7-13/h1-9H,(H,16,18). The molecular formula is C14H10ClNO2. The monoisotopic (exact) mass is 259 g/mol. The number of anilines is 1. The van der Waals surface area contributed by atoms with Crippen LogP contribution in [0.25, 0.3) is 0 Å². The van der Waals surface area contributed by atoms with Crippen molar-refractivity contribution in [1.29, 1.82) is 0 Å². The third-order valence-corrected chi connectivity index (χ3v) is 2.63. The van der Waals surface area contributed by atoms with Gasteiger partial charge in [-0.05, 0) is 42.5 Å². The smallest absolute Gasteiger partial charge is 0.255 e. The van der Waals surface area contributed by atoms with Crippen molar-refractivity contribution in [3.8, 4) is 0 Å². The first kappa shape index (κ1) is 12.3. The Bertz CT molecular complexity index is 579. The Morgan fingerprint density at radius 1 is 1.11 bits per heavy atom. The lowest BCUT2D eigenvalue weighted by Crippen LogP contribution is -2.11. The van der Waals surface area contributed by atoms with Crippen LogP contribution in [0.5, 0.6) is 0 Å². The minimum absolute atomic E-state index is 0.239. The molecule has 0 radical (unpaired) electrons. The summed E-state index contributed by atoms with van der Waals surface area (Å²) in [6.07, 6.45) is 0.753. The van der Waals surface area contributed by atoms with Crippen LogP contribution in [0, 0.1) is 0 Å². The number of carbonyl (C=O) groups is 2. The molecule has 0 saturated heterocycles. The van der Waals surface area contributed by atoms with E-state index in [0.29, 0.717) is 21.8 Å². The molecule has 0 aliphatic rings. The Morgan fingerprint density at radius 3 is 2.44 bits per heavy atom. The van der Waals surface area contributed by atoms with E-state index in [9.17, 15) is 9.59 Å². The Morgan fingerprint density at radius 2 is 1.83 bits per heavy atom. The number of benzene rings is 2. The van der Waals surface area contributed by atoms with Crippen LogP contribution in [0.2, 0.25) is 5.02 Å². The molecule has 90 valence electrons. The molecule has 1 N–H and O–H groups in total. The fourth-order valence-electron chi connectivity index (χ4n) is 1.48. The van der Waals surface area contributed by atoms with Crippen molar-refractivity contribution < 1.29 is 9.59 Å². The molecule has 0 bridgehead atoms. The molecule has 0 aliphatic carbocycles. The highest BCUT2D eigenvalue weighted by atomic mass is 35.5. The molecule has 0 saturated carbocycles. The third-order valence-electron chi connectivity index (χ3n) is 2.39. The molecule has 0 aromatic heterocycles. The molecule has 0 fully saturated rings. The van der Waals surface area contributed by atoms with Gasteiger partial charge in [0.1, 0.15) is 6.29 Å². The summed E-state index contributed by atoms with van der Waals surface area (Å²) in [5.74, 6) is -0.239. The number of halogens is 1. The third kappa shape index (κ3) is 2.96. The van der Waals surface area contributed by atoms with Crippen molar-refractivity contribution in [3.63, 3.8) is 0 Å². The van der Waals surface area contributed by atoms with Crippen LogP contribution in [0.15, 0.2) is 48.5 Å². The molecule has 18 heavy (non-hydrogen) atoms. The van der Waals surface area contributed by atoms with Gasteiger partial charge < -0.3 is 5.32 Å². The maximum absolute atomic E-state index is 11.9. The molecule has 3 nitrogen and oxygen atoms in total. The number of hydrogen-bond donors (Lipinski definition) is 1. The van der Waals surface area contributed by atoms with Crippen LogP contribution < -0.4 is 5.32 Å². The molecule has 2 aromatic carbocycles. The number of aldehydes is 1. The van der Waals surface area contributed by atoms with E-state index in [1.807, 2.05) is 0 Å². The molecule has 0 heterocycles. The zero-order valence-corrected chi connectivity index (χ0v) is 10.1. The van der Waals surface area contributed by atoms with Gasteiger partial charge in [-0.15, -0.1) is 0 Å². The topological polar surface area (TPSA) is 46.2 Å². The van der Waals surface area contributed by atoms with E-state index >= 15 is 0 Å². The number of hydrogen-bond acceptors (Lipinski definition) is 2. The zero-order valence-electron chi connectivity index (χ0n) is 9.39. The summed E-state index contributed by atoms with van der Waals surface area (Å²) in [6, 6.07) is 13.3. The lowest BCUT2D eigenvalue weighted by atomic mass is 10.2. The number of carbonyl (C=O) groups excluding carboxylic acids is 2. The van der Waals surface area contributed by atoms with Gasteiger partial charge in [0.2, 0.25) is 0 Å². The Kier molecular flexibility index (Phi) is 3.75. The first-order chi connectivity index (χ1) is 8.69. The maximum atomic E-state index is 11.9. The lowest BCUT2D eigenvalue weighted by Gasteiger charge is -2.05. The molecule has 1 amide bonds. The SMILES string of the molecule is O=Cc1ccc(NC(=O)c2cccc(Cl)c2)cc1. The van der Waals surface area contributed by atoms with Crippen LogP contribution in [0.1, 0.15) is 20.7 Å². The van der Waals surface area contributed by atoms with Gasteiger partial charge in [-0.3, -0.25) is 9.59 Å². The van der Waals surface area contributed by atoms with E-state index in [1.54, 1.807) is 48.5 Å². The molecule has 0 aliphatic heterocycles. The van der Waals surface area contributed by atoms with Crippen molar-refractivity contribution in [2.24, 2.45) is 0 Å². The van der Waals surface area contributed by atoms with Gasteiger partial charge in [-0.1, -0.05) is 17.7 Å². The summed E-state index contributed by atoms with van der Waals surface area (Å²) in [5.41, 5.74) is 1.68. The average Bonchev–Trinajstić information content (AvgIpc) is 2.39.